The van der Waals surface area contributed by atoms with Crippen LogP contribution in [0.4, 0.5) is 4.53 Å². The van der Waals surface area contributed by atoms with Gasteiger partial charge in [-0.05, 0) is 87.1 Å². The Morgan fingerprint density at radius 1 is 0.817 bits per heavy atom. The lowest BCUT2D eigenvalue weighted by atomic mass is 9.99. The highest BCUT2D eigenvalue weighted by Gasteiger charge is 2.42. The number of rotatable bonds is 14. The third kappa shape index (κ3) is 17.7. The fourth-order valence-electron chi connectivity index (χ4n) is 7.91. The summed E-state index contributed by atoms with van der Waals surface area (Å²) in [7, 11) is 0. The van der Waals surface area contributed by atoms with E-state index < -0.39 is 46.5 Å². The molecule has 2 bridgehead atoms. The van der Waals surface area contributed by atoms with Crippen LogP contribution in [0.15, 0.2) is 53.0 Å². The van der Waals surface area contributed by atoms with E-state index in [1.54, 1.807) is 39.0 Å². The number of carbonyl (C=O) groups is 2. The molecule has 3 aromatic heterocycles. The van der Waals surface area contributed by atoms with Gasteiger partial charge in [0.1, 0.15) is 17.5 Å². The number of aromatic nitrogens is 9. The molecule has 0 aliphatic carbocycles. The number of carboxylic acids is 2. The predicted octanol–water partition coefficient (Wildman–Crippen LogP) is 0.0606. The first-order valence-electron chi connectivity index (χ1n) is 22.9. The molecule has 392 valence electrons. The van der Waals surface area contributed by atoms with Crippen LogP contribution >= 0.6 is 12.2 Å². The second-order valence-electron chi connectivity index (χ2n) is 16.3. The van der Waals surface area contributed by atoms with E-state index >= 15 is 0 Å². The van der Waals surface area contributed by atoms with Gasteiger partial charge in [0.25, 0.3) is 0 Å². The van der Waals surface area contributed by atoms with Crippen molar-refractivity contribution in [3.8, 4) is 5.75 Å². The Morgan fingerprint density at radius 2 is 1.32 bits per heavy atom. The number of hydrogen-bond donors (Lipinski definition) is 5. The highest BCUT2D eigenvalue weighted by atomic mass is 32.1. The second kappa shape index (κ2) is 28.3. The SMILES string of the molecule is CCNC(C)=S.CCn1c(C)nc(=O)[nH]c1=O.CCn1c(C)nc(=O)n(CC2CO2)c1=O.CCn1c(C)nc(=O)n(C[C@H](O)CN2C3CCC2CC(OCc2ccccc2OF)C3)c1=O.O=C(O)C(=O)O. The van der Waals surface area contributed by atoms with Crippen molar-refractivity contribution in [2.45, 2.75) is 151 Å². The van der Waals surface area contributed by atoms with Crippen LogP contribution in [0.25, 0.3) is 0 Å². The van der Waals surface area contributed by atoms with Crippen LogP contribution in [-0.4, -0.2) is 130 Å². The zero-order valence-electron chi connectivity index (χ0n) is 41.0. The molecule has 3 unspecified atom stereocenters. The van der Waals surface area contributed by atoms with Gasteiger partial charge in [-0.3, -0.25) is 28.5 Å². The van der Waals surface area contributed by atoms with Gasteiger partial charge in [0.05, 0.1) is 49.6 Å². The lowest BCUT2D eigenvalue weighted by Crippen LogP contribution is -2.51. The highest BCUT2D eigenvalue weighted by Crippen LogP contribution is 2.37. The van der Waals surface area contributed by atoms with Gasteiger partial charge >= 0.3 is 46.1 Å². The van der Waals surface area contributed by atoms with E-state index in [2.05, 4.69) is 47.3 Å². The number of epoxide rings is 1. The molecular weight excluding hydrogens is 958 g/mol. The molecule has 25 nitrogen and oxygen atoms in total. The van der Waals surface area contributed by atoms with Crippen molar-refractivity contribution >= 4 is 29.1 Å². The Labute approximate surface area is 411 Å². The number of benzene rings is 1. The van der Waals surface area contributed by atoms with Crippen LogP contribution in [0.5, 0.6) is 5.75 Å². The van der Waals surface area contributed by atoms with Gasteiger partial charge in [0.15, 0.2) is 5.75 Å². The number of aliphatic hydroxyl groups is 1. The van der Waals surface area contributed by atoms with Crippen LogP contribution in [0, 0.1) is 20.8 Å². The number of nitrogens with one attached hydrogen (secondary N) is 2. The van der Waals surface area contributed by atoms with Crippen LogP contribution in [-0.2, 0) is 58.4 Å². The van der Waals surface area contributed by atoms with Gasteiger partial charge in [-0.2, -0.15) is 15.0 Å². The van der Waals surface area contributed by atoms with E-state index in [-0.39, 0.29) is 48.9 Å². The maximum Gasteiger partial charge on any atom is 0.414 e. The number of aryl methyl sites for hydroxylation is 3. The largest absolute Gasteiger partial charge is 0.473 e. The van der Waals surface area contributed by atoms with Gasteiger partial charge in [0, 0.05) is 54.9 Å². The highest BCUT2D eigenvalue weighted by molar-refractivity contribution is 7.80. The number of carboxylic acid groups (broad SMARTS) is 2. The van der Waals surface area contributed by atoms with Crippen molar-refractivity contribution in [1.82, 2.24) is 53.0 Å². The van der Waals surface area contributed by atoms with E-state index in [1.165, 1.54) is 13.7 Å². The summed E-state index contributed by atoms with van der Waals surface area (Å²) in [4.78, 5) is 108. The van der Waals surface area contributed by atoms with Gasteiger partial charge in [-0.25, -0.2) is 47.5 Å². The molecule has 3 fully saturated rings. The minimum atomic E-state index is -1.82. The first-order chi connectivity index (χ1) is 33.6. The molecule has 71 heavy (non-hydrogen) atoms. The third-order valence-corrected chi connectivity index (χ3v) is 11.5. The number of hydrogen-bond acceptors (Lipinski definition) is 17. The van der Waals surface area contributed by atoms with Gasteiger partial charge in [0.2, 0.25) is 0 Å². The van der Waals surface area contributed by atoms with E-state index in [9.17, 15) is 38.4 Å². The topological polar surface area (TPSA) is 323 Å². The standard InChI is InChI=1S/C23H31FN4O5.C9H13N3O3.C6H9N3O2.C4H9NS.C2H2O4/c1-3-26-15(2)25-22(30)28(23(26)31)13-19(29)12-27-17-8-9-18(27)11-20(10-17)32-14-16-6-4-5-7-21(16)33-24;1-3-11-6(2)10-8(13)12(9(11)14)4-7-5-15-7;1-3-9-4(2)7-5(10)8-6(9)11;1-3-5-4(2)6;3-1(4)2(5)6/h4-7,17-20,29H,3,8-14H2,1-2H3;7H,3-5H2,1-2H3;3H2,1-2H3,(H,8,10,11);3H2,1-2H3,(H,5,6);(H,3,4)(H,5,6)/t17?,18?,19-,20?;;;;/m1..../s1. The molecule has 0 spiro atoms. The number of ether oxygens (including phenoxy) is 2. The molecule has 4 aromatic rings. The summed E-state index contributed by atoms with van der Waals surface area (Å²) in [6, 6.07) is 7.40. The molecule has 27 heteroatoms. The Morgan fingerprint density at radius 3 is 1.77 bits per heavy atom. The second-order valence-corrected chi connectivity index (χ2v) is 16.9. The first kappa shape index (κ1) is 58.8. The van der Waals surface area contributed by atoms with E-state index in [0.717, 1.165) is 46.4 Å². The van der Waals surface area contributed by atoms with Crippen LogP contribution in [0.1, 0.15) is 83.3 Å². The smallest absolute Gasteiger partial charge is 0.414 e. The van der Waals surface area contributed by atoms with Crippen LogP contribution in [0.2, 0.25) is 0 Å². The van der Waals surface area contributed by atoms with Gasteiger partial charge in [-0.15, -0.1) is 0 Å². The molecule has 0 amide bonds. The number of thiocarbonyl (C=S) groups is 1. The summed E-state index contributed by atoms with van der Waals surface area (Å²) in [6.07, 6.45) is 2.84. The Kier molecular flexibility index (Phi) is 23.5. The molecular formula is C44H64FN11O14S. The fraction of sp³-hybridized carbons (Fsp3) is 0.591. The van der Waals surface area contributed by atoms with Crippen molar-refractivity contribution < 1.29 is 43.8 Å². The van der Waals surface area contributed by atoms with Crippen molar-refractivity contribution in [2.24, 2.45) is 0 Å². The number of H-pyrrole nitrogens is 1. The molecule has 3 saturated heterocycles. The summed E-state index contributed by atoms with van der Waals surface area (Å²) in [6.45, 7) is 18.2. The molecule has 7 rings (SSSR count). The Hall–Kier alpha value is -6.55. The number of para-hydroxylation sites is 1. The zero-order valence-corrected chi connectivity index (χ0v) is 41.8. The molecule has 1 aromatic carbocycles. The van der Waals surface area contributed by atoms with E-state index in [4.69, 9.17) is 29.3 Å². The van der Waals surface area contributed by atoms with Gasteiger partial charge in [-0.1, -0.05) is 30.4 Å². The minimum Gasteiger partial charge on any atom is -0.473 e. The monoisotopic (exact) mass is 1020 g/mol. The number of aliphatic hydroxyl groups excluding tert-OH is 1. The van der Waals surface area contributed by atoms with Crippen molar-refractivity contribution in [2.75, 3.05) is 19.7 Å². The lowest BCUT2D eigenvalue weighted by Gasteiger charge is -2.39. The predicted molar refractivity (Wildman–Crippen MR) is 258 cm³/mol. The maximum atomic E-state index is 12.7. The number of halogens is 1. The summed E-state index contributed by atoms with van der Waals surface area (Å²) in [5, 5.41) is 28.4. The lowest BCUT2D eigenvalue weighted by molar-refractivity contribution is -0.159. The molecule has 6 heterocycles. The number of nitrogens with zero attached hydrogens (tertiary/aromatic N) is 9. The normalized spacial score (nSPS) is 17.8. The van der Waals surface area contributed by atoms with Crippen LogP contribution in [0.3, 0.4) is 0 Å². The third-order valence-electron chi connectivity index (χ3n) is 11.3. The minimum absolute atomic E-state index is 0.00483. The average molecular weight is 1020 g/mol. The quantitative estimate of drug-likeness (QED) is 0.0633. The number of piperidine rings is 1. The molecule has 0 saturated carbocycles. The maximum absolute atomic E-state index is 12.7. The Bertz CT molecular complexity index is 2780. The van der Waals surface area contributed by atoms with Crippen molar-refractivity contribution in [3.05, 3.63) is 110 Å². The molecule has 0 radical (unpaired) electrons. The number of aromatic amines is 1. The Balaban J connectivity index is 0.000000287. The summed E-state index contributed by atoms with van der Waals surface area (Å²) in [5.74, 6) is -2.20. The number of aliphatic carboxylic acids is 2. The molecule has 3 aliphatic heterocycles. The average Bonchev–Trinajstić information content (AvgIpc) is 4.10. The molecule has 4 atom stereocenters. The molecule has 5 N–H and O–H groups in total. The summed E-state index contributed by atoms with van der Waals surface area (Å²) < 4.78 is 30.2. The summed E-state index contributed by atoms with van der Waals surface area (Å²) in [5.41, 5.74) is -2.18. The molecule has 3 aliphatic rings. The van der Waals surface area contributed by atoms with E-state index in [1.807, 2.05) is 40.7 Å². The number of fused-ring (bicyclic) bond motifs is 2. The van der Waals surface area contributed by atoms with Gasteiger partial charge < -0.3 is 30.1 Å². The first-order valence-corrected chi connectivity index (χ1v) is 23.3. The summed E-state index contributed by atoms with van der Waals surface area (Å²) >= 11 is 4.68. The zero-order chi connectivity index (χ0) is 53.1. The fourth-order valence-corrected chi connectivity index (χ4v) is 8.05. The van der Waals surface area contributed by atoms with E-state index in [0.29, 0.717) is 62.4 Å². The van der Waals surface area contributed by atoms with Crippen molar-refractivity contribution in [1.29, 1.82) is 0 Å². The van der Waals surface area contributed by atoms with Crippen molar-refractivity contribution in [3.63, 3.8) is 0 Å². The van der Waals surface area contributed by atoms with Crippen LogP contribution < -0.4 is 44.4 Å².